The minimum atomic E-state index is -0.109. The van der Waals surface area contributed by atoms with Crippen LogP contribution in [0, 0.1) is 19.7 Å². The van der Waals surface area contributed by atoms with Gasteiger partial charge in [0.05, 0.1) is 0 Å². The van der Waals surface area contributed by atoms with Gasteiger partial charge in [-0.15, -0.1) is 0 Å². The maximum Gasteiger partial charge on any atom is 0.126 e. The van der Waals surface area contributed by atoms with Crippen LogP contribution in [0.3, 0.4) is 0 Å². The van der Waals surface area contributed by atoms with Gasteiger partial charge in [-0.3, -0.25) is 0 Å². The molecular formula is C12H16FN. The van der Waals surface area contributed by atoms with Crippen molar-refractivity contribution in [3.63, 3.8) is 0 Å². The zero-order valence-corrected chi connectivity index (χ0v) is 8.73. The first-order valence-electron chi connectivity index (χ1n) is 5.05. The van der Waals surface area contributed by atoms with E-state index in [1.54, 1.807) is 6.07 Å². The van der Waals surface area contributed by atoms with E-state index in [9.17, 15) is 4.39 Å². The largest absolute Gasteiger partial charge is 0.325 e. The fourth-order valence-electron chi connectivity index (χ4n) is 1.69. The van der Waals surface area contributed by atoms with Crippen molar-refractivity contribution in [2.45, 2.75) is 38.6 Å². The predicted molar refractivity (Wildman–Crippen MR) is 55.7 cm³/mol. The lowest BCUT2D eigenvalue weighted by atomic mass is 9.99. The van der Waals surface area contributed by atoms with Gasteiger partial charge in [-0.05, 0) is 55.9 Å². The molecular weight excluding hydrogens is 177 g/mol. The molecule has 1 aromatic rings. The molecule has 0 spiro atoms. The smallest absolute Gasteiger partial charge is 0.126 e. The fraction of sp³-hybridized carbons (Fsp3) is 0.500. The number of benzene rings is 1. The molecule has 0 amide bonds. The van der Waals surface area contributed by atoms with Gasteiger partial charge in [-0.1, -0.05) is 6.07 Å². The molecule has 2 rings (SSSR count). The molecule has 76 valence electrons. The van der Waals surface area contributed by atoms with E-state index in [4.69, 9.17) is 5.73 Å². The van der Waals surface area contributed by atoms with Gasteiger partial charge in [-0.2, -0.15) is 0 Å². The van der Waals surface area contributed by atoms with Crippen molar-refractivity contribution in [2.24, 2.45) is 5.73 Å². The molecule has 0 aromatic heterocycles. The maximum absolute atomic E-state index is 13.5. The van der Waals surface area contributed by atoms with Crippen molar-refractivity contribution in [1.82, 2.24) is 0 Å². The molecule has 14 heavy (non-hydrogen) atoms. The van der Waals surface area contributed by atoms with Crippen LogP contribution < -0.4 is 5.73 Å². The Kier molecular flexibility index (Phi) is 2.11. The summed E-state index contributed by atoms with van der Waals surface area (Å²) in [7, 11) is 0. The Morgan fingerprint density at radius 3 is 2.43 bits per heavy atom. The Hall–Kier alpha value is -0.890. The summed E-state index contributed by atoms with van der Waals surface area (Å²) in [6.07, 6.45) is 2.73. The van der Waals surface area contributed by atoms with Crippen LogP contribution in [0.4, 0.5) is 4.39 Å². The van der Waals surface area contributed by atoms with Gasteiger partial charge in [0.1, 0.15) is 5.82 Å². The molecule has 1 fully saturated rings. The first-order chi connectivity index (χ1) is 6.50. The minimum Gasteiger partial charge on any atom is -0.325 e. The molecule has 0 radical (unpaired) electrons. The molecule has 1 aliphatic rings. The Balaban J connectivity index is 2.29. The summed E-state index contributed by atoms with van der Waals surface area (Å²) in [6.45, 7) is 3.94. The van der Waals surface area contributed by atoms with E-state index in [1.165, 1.54) is 0 Å². The lowest BCUT2D eigenvalue weighted by Crippen LogP contribution is -2.25. The van der Waals surface area contributed by atoms with Crippen molar-refractivity contribution in [1.29, 1.82) is 0 Å². The van der Waals surface area contributed by atoms with E-state index in [0.29, 0.717) is 6.42 Å². The molecule has 1 saturated carbocycles. The first kappa shape index (κ1) is 9.66. The van der Waals surface area contributed by atoms with E-state index < -0.39 is 0 Å². The molecule has 0 aliphatic heterocycles. The highest BCUT2D eigenvalue weighted by Gasteiger charge is 2.38. The van der Waals surface area contributed by atoms with Crippen molar-refractivity contribution in [3.8, 4) is 0 Å². The van der Waals surface area contributed by atoms with Gasteiger partial charge in [0.25, 0.3) is 0 Å². The molecule has 0 bridgehead atoms. The van der Waals surface area contributed by atoms with Crippen molar-refractivity contribution in [3.05, 3.63) is 34.6 Å². The molecule has 1 nitrogen and oxygen atoms in total. The van der Waals surface area contributed by atoms with Crippen LogP contribution in [-0.2, 0) is 6.42 Å². The lowest BCUT2D eigenvalue weighted by molar-refractivity contribution is 0.581. The number of rotatable bonds is 2. The SMILES string of the molecule is Cc1cc(F)c(CC2(N)CC2)cc1C. The molecule has 1 aliphatic carbocycles. The summed E-state index contributed by atoms with van der Waals surface area (Å²) in [5.41, 5.74) is 8.78. The number of aryl methyl sites for hydroxylation is 2. The first-order valence-corrected chi connectivity index (χ1v) is 5.05. The molecule has 0 saturated heterocycles. The van der Waals surface area contributed by atoms with Gasteiger partial charge in [0.15, 0.2) is 0 Å². The van der Waals surface area contributed by atoms with E-state index in [1.807, 2.05) is 19.9 Å². The standard InChI is InChI=1S/C12H16FN/c1-8-5-10(7-12(14)3-4-12)11(13)6-9(8)2/h5-6H,3-4,7,14H2,1-2H3. The quantitative estimate of drug-likeness (QED) is 0.767. The van der Waals surface area contributed by atoms with Gasteiger partial charge < -0.3 is 5.73 Å². The number of hydrogen-bond donors (Lipinski definition) is 1. The second-order valence-corrected chi connectivity index (χ2v) is 4.57. The Labute approximate surface area is 84.1 Å². The van der Waals surface area contributed by atoms with E-state index >= 15 is 0 Å². The van der Waals surface area contributed by atoms with Crippen molar-refractivity contribution in [2.75, 3.05) is 0 Å². The van der Waals surface area contributed by atoms with Crippen LogP contribution in [0.25, 0.3) is 0 Å². The summed E-state index contributed by atoms with van der Waals surface area (Å²) in [5, 5.41) is 0. The van der Waals surface area contributed by atoms with Gasteiger partial charge in [0.2, 0.25) is 0 Å². The molecule has 0 atom stereocenters. The molecule has 0 heterocycles. The lowest BCUT2D eigenvalue weighted by Gasteiger charge is -2.11. The second-order valence-electron chi connectivity index (χ2n) is 4.57. The third-order valence-corrected chi connectivity index (χ3v) is 3.10. The van der Waals surface area contributed by atoms with Gasteiger partial charge in [0, 0.05) is 5.54 Å². The molecule has 0 unspecified atom stereocenters. The van der Waals surface area contributed by atoms with Crippen LogP contribution in [0.2, 0.25) is 0 Å². The second kappa shape index (κ2) is 3.06. The third kappa shape index (κ3) is 1.80. The molecule has 2 N–H and O–H groups in total. The van der Waals surface area contributed by atoms with Crippen LogP contribution in [0.15, 0.2) is 12.1 Å². The topological polar surface area (TPSA) is 26.0 Å². The Morgan fingerprint density at radius 1 is 1.29 bits per heavy atom. The van der Waals surface area contributed by atoms with Crippen LogP contribution >= 0.6 is 0 Å². The number of nitrogens with two attached hydrogens (primary N) is 1. The highest BCUT2D eigenvalue weighted by molar-refractivity contribution is 5.33. The normalized spacial score (nSPS) is 18.3. The summed E-state index contributed by atoms with van der Waals surface area (Å²) in [5.74, 6) is -0.107. The average Bonchev–Trinajstić information content (AvgIpc) is 2.80. The van der Waals surface area contributed by atoms with Gasteiger partial charge >= 0.3 is 0 Å². The summed E-state index contributed by atoms with van der Waals surface area (Å²) in [4.78, 5) is 0. The highest BCUT2D eigenvalue weighted by atomic mass is 19.1. The van der Waals surface area contributed by atoms with E-state index in [0.717, 1.165) is 29.5 Å². The van der Waals surface area contributed by atoms with E-state index in [2.05, 4.69) is 0 Å². The Morgan fingerprint density at radius 2 is 1.86 bits per heavy atom. The number of hydrogen-bond acceptors (Lipinski definition) is 1. The van der Waals surface area contributed by atoms with Crippen LogP contribution in [-0.4, -0.2) is 5.54 Å². The van der Waals surface area contributed by atoms with Gasteiger partial charge in [-0.25, -0.2) is 4.39 Å². The fourth-order valence-corrected chi connectivity index (χ4v) is 1.69. The summed E-state index contributed by atoms with van der Waals surface area (Å²) >= 11 is 0. The molecule has 1 aromatic carbocycles. The van der Waals surface area contributed by atoms with Crippen LogP contribution in [0.5, 0.6) is 0 Å². The van der Waals surface area contributed by atoms with Crippen molar-refractivity contribution < 1.29 is 4.39 Å². The Bertz CT molecular complexity index is 367. The summed E-state index contributed by atoms with van der Waals surface area (Å²) in [6, 6.07) is 3.54. The zero-order valence-electron chi connectivity index (χ0n) is 8.73. The molecule has 2 heteroatoms. The highest BCUT2D eigenvalue weighted by Crippen LogP contribution is 2.36. The maximum atomic E-state index is 13.5. The van der Waals surface area contributed by atoms with Crippen LogP contribution in [0.1, 0.15) is 29.5 Å². The van der Waals surface area contributed by atoms with Crippen molar-refractivity contribution >= 4 is 0 Å². The third-order valence-electron chi connectivity index (χ3n) is 3.10. The number of halogens is 1. The van der Waals surface area contributed by atoms with E-state index in [-0.39, 0.29) is 11.4 Å². The summed E-state index contributed by atoms with van der Waals surface area (Å²) < 4.78 is 13.5. The predicted octanol–water partition coefficient (Wildman–Crippen LogP) is 2.48. The zero-order chi connectivity index (χ0) is 10.3. The minimum absolute atomic E-state index is 0.107. The monoisotopic (exact) mass is 193 g/mol. The average molecular weight is 193 g/mol.